The predicted octanol–water partition coefficient (Wildman–Crippen LogP) is 0.526. The Labute approximate surface area is 101 Å². The third-order valence-electron chi connectivity index (χ3n) is 3.17. The van der Waals surface area contributed by atoms with E-state index in [1.807, 2.05) is 0 Å². The van der Waals surface area contributed by atoms with Crippen LogP contribution in [0, 0.1) is 5.92 Å². The van der Waals surface area contributed by atoms with E-state index in [2.05, 4.69) is 15.0 Å². The monoisotopic (exact) mass is 250 g/mol. The summed E-state index contributed by atoms with van der Waals surface area (Å²) in [6.07, 6.45) is 4.53. The van der Waals surface area contributed by atoms with E-state index in [4.69, 9.17) is 5.11 Å². The van der Waals surface area contributed by atoms with E-state index in [1.165, 1.54) is 23.3 Å². The Kier molecular flexibility index (Phi) is 2.48. The van der Waals surface area contributed by atoms with Crippen LogP contribution in [0.25, 0.3) is 11.2 Å². The normalized spacial score (nSPS) is 23.6. The van der Waals surface area contributed by atoms with Crippen LogP contribution in [0.15, 0.2) is 29.4 Å². The molecule has 0 saturated carbocycles. The number of aromatic nitrogens is 4. The van der Waals surface area contributed by atoms with Gasteiger partial charge in [0.15, 0.2) is 11.2 Å². The molecule has 94 valence electrons. The predicted molar refractivity (Wildman–Crippen MR) is 61.6 cm³/mol. The molecule has 0 aromatic carbocycles. The maximum absolute atomic E-state index is 13.8. The molecule has 6 nitrogen and oxygen atoms in total. The minimum Gasteiger partial charge on any atom is -0.396 e. The van der Waals surface area contributed by atoms with E-state index < -0.39 is 6.04 Å². The highest BCUT2D eigenvalue weighted by Gasteiger charge is 2.29. The summed E-state index contributed by atoms with van der Waals surface area (Å²) < 4.78 is 15.3. The summed E-state index contributed by atoms with van der Waals surface area (Å²) in [5.74, 6) is -0.523. The molecule has 3 rings (SSSR count). The molecule has 0 bridgehead atoms. The maximum Gasteiger partial charge on any atom is 0.278 e. The first-order valence-electron chi connectivity index (χ1n) is 5.59. The highest BCUT2D eigenvalue weighted by molar-refractivity contribution is 5.69. The van der Waals surface area contributed by atoms with E-state index in [1.54, 1.807) is 0 Å². The van der Waals surface area contributed by atoms with Crippen LogP contribution in [0.4, 0.5) is 4.39 Å². The zero-order valence-electron chi connectivity index (χ0n) is 9.38. The third kappa shape index (κ3) is 1.55. The smallest absolute Gasteiger partial charge is 0.278 e. The molecular weight excluding hydrogens is 239 g/mol. The number of aliphatic hydroxyl groups is 1. The summed E-state index contributed by atoms with van der Waals surface area (Å²) >= 11 is 0. The first-order valence-corrected chi connectivity index (χ1v) is 5.59. The molecular formula is C11H11FN4O2. The lowest BCUT2D eigenvalue weighted by atomic mass is 10.1. The third-order valence-corrected chi connectivity index (χ3v) is 3.17. The molecule has 2 aromatic heterocycles. The number of halogens is 1. The molecule has 0 spiro atoms. The van der Waals surface area contributed by atoms with E-state index in [0.717, 1.165) is 0 Å². The van der Waals surface area contributed by atoms with E-state index in [-0.39, 0.29) is 29.4 Å². The van der Waals surface area contributed by atoms with Gasteiger partial charge in [-0.05, 0) is 12.5 Å². The van der Waals surface area contributed by atoms with E-state index >= 15 is 0 Å². The molecule has 1 aliphatic rings. The number of nitrogens with one attached hydrogen (secondary N) is 1. The van der Waals surface area contributed by atoms with Crippen molar-refractivity contribution >= 4 is 11.2 Å². The average molecular weight is 250 g/mol. The summed E-state index contributed by atoms with van der Waals surface area (Å²) in [6, 6.07) is -0.540. The number of aromatic amines is 1. The molecule has 0 aliphatic heterocycles. The molecule has 2 aromatic rings. The second kappa shape index (κ2) is 4.02. The van der Waals surface area contributed by atoms with Crippen molar-refractivity contribution in [2.75, 3.05) is 6.61 Å². The fourth-order valence-electron chi connectivity index (χ4n) is 2.27. The quantitative estimate of drug-likeness (QED) is 0.814. The minimum atomic E-state index is -0.540. The Bertz CT molecular complexity index is 675. The lowest BCUT2D eigenvalue weighted by Crippen LogP contribution is -2.11. The topological polar surface area (TPSA) is 83.8 Å². The van der Waals surface area contributed by atoms with Crippen molar-refractivity contribution in [1.29, 1.82) is 0 Å². The van der Waals surface area contributed by atoms with Crippen LogP contribution in [0.2, 0.25) is 0 Å². The second-order valence-corrected chi connectivity index (χ2v) is 4.30. The van der Waals surface area contributed by atoms with Crippen LogP contribution in [0.1, 0.15) is 12.5 Å². The number of hydrogen-bond donors (Lipinski definition) is 2. The van der Waals surface area contributed by atoms with Crippen LogP contribution in [0.3, 0.4) is 0 Å². The number of fused-ring (bicyclic) bond motifs is 1. The summed E-state index contributed by atoms with van der Waals surface area (Å²) in [5, 5.41) is 9.05. The van der Waals surface area contributed by atoms with Crippen LogP contribution in [-0.4, -0.2) is 31.2 Å². The van der Waals surface area contributed by atoms with Crippen molar-refractivity contribution in [3.05, 3.63) is 34.9 Å². The molecule has 0 amide bonds. The van der Waals surface area contributed by atoms with Crippen molar-refractivity contribution in [3.63, 3.8) is 0 Å². The number of rotatable bonds is 2. The average Bonchev–Trinajstić information content (AvgIpc) is 2.93. The molecule has 0 fully saturated rings. The summed E-state index contributed by atoms with van der Waals surface area (Å²) in [7, 11) is 0. The zero-order chi connectivity index (χ0) is 12.7. The van der Waals surface area contributed by atoms with Gasteiger partial charge in [0, 0.05) is 12.5 Å². The van der Waals surface area contributed by atoms with Crippen molar-refractivity contribution < 1.29 is 9.50 Å². The Morgan fingerprint density at radius 1 is 1.56 bits per heavy atom. The lowest BCUT2D eigenvalue weighted by molar-refractivity contribution is 0.243. The standard InChI is InChI=1S/C11H11FN4O2/c12-7-1-6(3-17)2-8(7)16-5-15-9-10(16)13-4-14-11(9)18/h1,4-6,8,17H,2-3H2,(H,13,14,18)/t6-,8-/m0/s1. The zero-order valence-corrected chi connectivity index (χ0v) is 9.38. The van der Waals surface area contributed by atoms with Crippen LogP contribution in [0.5, 0.6) is 0 Å². The summed E-state index contributed by atoms with van der Waals surface area (Å²) in [5.41, 5.74) is 0.198. The molecule has 2 heterocycles. The molecule has 2 N–H and O–H groups in total. The van der Waals surface area contributed by atoms with Crippen LogP contribution in [-0.2, 0) is 0 Å². The maximum atomic E-state index is 13.8. The van der Waals surface area contributed by atoms with Crippen molar-refractivity contribution in [2.24, 2.45) is 5.92 Å². The number of imidazole rings is 1. The second-order valence-electron chi connectivity index (χ2n) is 4.30. The van der Waals surface area contributed by atoms with Gasteiger partial charge in [-0.2, -0.15) is 0 Å². The minimum absolute atomic E-state index is 0.0927. The first kappa shape index (κ1) is 11.1. The van der Waals surface area contributed by atoms with Crippen LogP contribution < -0.4 is 5.56 Å². The molecule has 1 aliphatic carbocycles. The van der Waals surface area contributed by atoms with Gasteiger partial charge >= 0.3 is 0 Å². The fourth-order valence-corrected chi connectivity index (χ4v) is 2.27. The van der Waals surface area contributed by atoms with Gasteiger partial charge in [-0.1, -0.05) is 0 Å². The van der Waals surface area contributed by atoms with Gasteiger partial charge in [0.1, 0.15) is 5.83 Å². The SMILES string of the molecule is O=c1[nH]cnc2c1ncn2[C@H]1C[C@@H](CO)C=C1F. The van der Waals surface area contributed by atoms with Gasteiger partial charge in [0.2, 0.25) is 0 Å². The number of H-pyrrole nitrogens is 1. The van der Waals surface area contributed by atoms with Gasteiger partial charge in [-0.25, -0.2) is 14.4 Å². The largest absolute Gasteiger partial charge is 0.396 e. The summed E-state index contributed by atoms with van der Waals surface area (Å²) in [4.78, 5) is 21.9. The fraction of sp³-hybridized carbons (Fsp3) is 0.364. The number of hydrogen-bond acceptors (Lipinski definition) is 4. The molecule has 18 heavy (non-hydrogen) atoms. The van der Waals surface area contributed by atoms with Crippen molar-refractivity contribution in [1.82, 2.24) is 19.5 Å². The van der Waals surface area contributed by atoms with Crippen molar-refractivity contribution in [2.45, 2.75) is 12.5 Å². The van der Waals surface area contributed by atoms with E-state index in [0.29, 0.717) is 12.1 Å². The Balaban J connectivity index is 2.09. The molecule has 0 radical (unpaired) electrons. The van der Waals surface area contributed by atoms with Gasteiger partial charge in [0.05, 0.1) is 18.7 Å². The van der Waals surface area contributed by atoms with Gasteiger partial charge in [0.25, 0.3) is 5.56 Å². The summed E-state index contributed by atoms with van der Waals surface area (Å²) in [6.45, 7) is -0.0927. The number of aliphatic hydroxyl groups excluding tert-OH is 1. The Hall–Kier alpha value is -2.02. The van der Waals surface area contributed by atoms with Gasteiger partial charge < -0.3 is 14.7 Å². The van der Waals surface area contributed by atoms with E-state index in [9.17, 15) is 9.18 Å². The molecule has 7 heteroatoms. The molecule has 0 unspecified atom stereocenters. The first-order chi connectivity index (χ1) is 8.70. The number of nitrogens with zero attached hydrogens (tertiary/aromatic N) is 3. The highest BCUT2D eigenvalue weighted by atomic mass is 19.1. The molecule has 0 saturated heterocycles. The number of allylic oxidation sites excluding steroid dienone is 1. The van der Waals surface area contributed by atoms with Gasteiger partial charge in [-0.15, -0.1) is 0 Å². The molecule has 2 atom stereocenters. The Morgan fingerprint density at radius 2 is 2.39 bits per heavy atom. The van der Waals surface area contributed by atoms with Crippen molar-refractivity contribution in [3.8, 4) is 0 Å². The van der Waals surface area contributed by atoms with Crippen LogP contribution >= 0.6 is 0 Å². The highest BCUT2D eigenvalue weighted by Crippen LogP contribution is 2.36. The lowest BCUT2D eigenvalue weighted by Gasteiger charge is -2.13. The Morgan fingerprint density at radius 3 is 3.11 bits per heavy atom. The van der Waals surface area contributed by atoms with Gasteiger partial charge in [-0.3, -0.25) is 4.79 Å².